The number of hydrogen-bond donors (Lipinski definition) is 0. The zero-order valence-electron chi connectivity index (χ0n) is 18.1. The maximum Gasteiger partial charge on any atom is 0.166 e. The summed E-state index contributed by atoms with van der Waals surface area (Å²) in [7, 11) is -0.152. The average Bonchev–Trinajstić information content (AvgIpc) is 2.87. The minimum Gasteiger partial charge on any atom is -0.0622 e. The molecule has 0 N–H and O–H groups in total. The first kappa shape index (κ1) is 20.4. The fourth-order valence-corrected chi connectivity index (χ4v) is 5.95. The molecule has 154 valence electrons. The van der Waals surface area contributed by atoms with Gasteiger partial charge in [-0.3, -0.25) is 0 Å². The first-order valence-electron chi connectivity index (χ1n) is 10.9. The number of hydrogen-bond acceptors (Lipinski definition) is 0. The fourth-order valence-electron chi connectivity index (χ4n) is 3.91. The summed E-state index contributed by atoms with van der Waals surface area (Å²) in [5.41, 5.74) is 6.29. The van der Waals surface area contributed by atoms with E-state index in [1.54, 1.807) is 0 Å². The Hall–Kier alpha value is -3.55. The maximum atomic E-state index is 2.29. The molecule has 0 aliphatic heterocycles. The van der Waals surface area contributed by atoms with Gasteiger partial charge in [0.1, 0.15) is 0 Å². The SMILES string of the molecule is Cc1ccc([S+](c2ccc(-c3ccccc3)cc2)c2ccc(-c3ccccc3)cc2)cc1. The van der Waals surface area contributed by atoms with E-state index >= 15 is 0 Å². The predicted octanol–water partition coefficient (Wildman–Crippen LogP) is 8.42. The van der Waals surface area contributed by atoms with Crippen LogP contribution in [0.15, 0.2) is 148 Å². The van der Waals surface area contributed by atoms with Crippen molar-refractivity contribution in [1.82, 2.24) is 0 Å². The molecule has 0 amide bonds. The quantitative estimate of drug-likeness (QED) is 0.246. The van der Waals surface area contributed by atoms with Gasteiger partial charge < -0.3 is 0 Å². The summed E-state index contributed by atoms with van der Waals surface area (Å²) in [4.78, 5) is 4.01. The van der Waals surface area contributed by atoms with Gasteiger partial charge in [0, 0.05) is 0 Å². The lowest BCUT2D eigenvalue weighted by molar-refractivity contribution is 1.30. The molecule has 5 aromatic carbocycles. The van der Waals surface area contributed by atoms with E-state index in [4.69, 9.17) is 0 Å². The van der Waals surface area contributed by atoms with Gasteiger partial charge in [-0.1, -0.05) is 78.4 Å². The Balaban J connectivity index is 1.53. The van der Waals surface area contributed by atoms with Crippen LogP contribution < -0.4 is 0 Å². The fraction of sp³-hybridized carbons (Fsp3) is 0.0323. The van der Waals surface area contributed by atoms with Gasteiger partial charge in [0.05, 0.1) is 10.9 Å². The molecule has 5 aromatic rings. The van der Waals surface area contributed by atoms with E-state index in [1.165, 1.54) is 42.5 Å². The molecular formula is C31H25S+. The lowest BCUT2D eigenvalue weighted by Gasteiger charge is -2.10. The van der Waals surface area contributed by atoms with E-state index in [-0.39, 0.29) is 10.9 Å². The smallest absolute Gasteiger partial charge is 0.0622 e. The van der Waals surface area contributed by atoms with Crippen LogP contribution in [0.2, 0.25) is 0 Å². The molecule has 0 atom stereocenters. The molecule has 0 aliphatic rings. The van der Waals surface area contributed by atoms with Crippen LogP contribution in [0.25, 0.3) is 22.3 Å². The van der Waals surface area contributed by atoms with Crippen LogP contribution in [0.4, 0.5) is 0 Å². The first-order chi connectivity index (χ1) is 15.8. The van der Waals surface area contributed by atoms with Crippen molar-refractivity contribution in [2.45, 2.75) is 21.6 Å². The Bertz CT molecular complexity index is 1190. The topological polar surface area (TPSA) is 0 Å². The van der Waals surface area contributed by atoms with Gasteiger partial charge >= 0.3 is 0 Å². The predicted molar refractivity (Wildman–Crippen MR) is 137 cm³/mol. The third-order valence-corrected chi connectivity index (χ3v) is 7.88. The Morgan fingerprint density at radius 1 is 0.344 bits per heavy atom. The zero-order valence-corrected chi connectivity index (χ0v) is 18.9. The molecule has 5 rings (SSSR count). The Labute approximate surface area is 193 Å². The largest absolute Gasteiger partial charge is 0.166 e. The Kier molecular flexibility index (Phi) is 5.91. The molecule has 0 saturated carbocycles. The van der Waals surface area contributed by atoms with Crippen LogP contribution in [0, 0.1) is 6.92 Å². The second-order valence-electron chi connectivity index (χ2n) is 7.90. The van der Waals surface area contributed by atoms with Gasteiger partial charge in [-0.2, -0.15) is 0 Å². The van der Waals surface area contributed by atoms with Gasteiger partial charge in [0.25, 0.3) is 0 Å². The lowest BCUT2D eigenvalue weighted by Crippen LogP contribution is -2.05. The summed E-state index contributed by atoms with van der Waals surface area (Å²) in [5.74, 6) is 0. The zero-order chi connectivity index (χ0) is 21.8. The van der Waals surface area contributed by atoms with Gasteiger partial charge in [-0.25, -0.2) is 0 Å². The van der Waals surface area contributed by atoms with Crippen molar-refractivity contribution >= 4 is 10.9 Å². The third kappa shape index (κ3) is 4.39. The summed E-state index contributed by atoms with van der Waals surface area (Å²) in [6, 6.07) is 48.3. The van der Waals surface area contributed by atoms with Crippen LogP contribution in [-0.4, -0.2) is 0 Å². The summed E-state index contributed by atoms with van der Waals surface area (Å²) >= 11 is 0. The summed E-state index contributed by atoms with van der Waals surface area (Å²) < 4.78 is 0. The number of aryl methyl sites for hydroxylation is 1. The molecule has 0 aliphatic carbocycles. The van der Waals surface area contributed by atoms with E-state index < -0.39 is 0 Å². The molecule has 0 aromatic heterocycles. The molecule has 0 unspecified atom stereocenters. The van der Waals surface area contributed by atoms with Crippen LogP contribution in [0.5, 0.6) is 0 Å². The van der Waals surface area contributed by atoms with Crippen molar-refractivity contribution in [3.8, 4) is 22.3 Å². The molecule has 1 heteroatoms. The molecule has 0 heterocycles. The van der Waals surface area contributed by atoms with Crippen LogP contribution in [-0.2, 0) is 10.9 Å². The van der Waals surface area contributed by atoms with Crippen molar-refractivity contribution < 1.29 is 0 Å². The average molecular weight is 430 g/mol. The van der Waals surface area contributed by atoms with Gasteiger partial charge in [-0.05, 0) is 89.8 Å². The highest BCUT2D eigenvalue weighted by atomic mass is 32.2. The van der Waals surface area contributed by atoms with E-state index in [1.807, 2.05) is 0 Å². The lowest BCUT2D eigenvalue weighted by atomic mass is 10.1. The molecule has 0 bridgehead atoms. The molecular weight excluding hydrogens is 404 g/mol. The second-order valence-corrected chi connectivity index (χ2v) is 9.93. The standard InChI is InChI=1S/C31H25S/c1-24-12-18-29(19-13-24)32(30-20-14-27(15-21-30)25-8-4-2-5-9-25)31-22-16-28(17-23-31)26-10-6-3-7-11-26/h2-23H,1H3/q+1. The molecule has 0 radical (unpaired) electrons. The van der Waals surface area contributed by atoms with Gasteiger partial charge in [0.2, 0.25) is 0 Å². The maximum absolute atomic E-state index is 2.29. The molecule has 0 fully saturated rings. The minimum absolute atomic E-state index is 0.152. The first-order valence-corrected chi connectivity index (χ1v) is 12.1. The van der Waals surface area contributed by atoms with E-state index in [0.717, 1.165) is 0 Å². The molecule has 0 saturated heterocycles. The summed E-state index contributed by atoms with van der Waals surface area (Å²) in [6.07, 6.45) is 0. The monoisotopic (exact) mass is 429 g/mol. The third-order valence-electron chi connectivity index (χ3n) is 5.65. The summed E-state index contributed by atoms with van der Waals surface area (Å²) in [6.45, 7) is 2.14. The molecule has 32 heavy (non-hydrogen) atoms. The minimum atomic E-state index is -0.152. The van der Waals surface area contributed by atoms with E-state index in [0.29, 0.717) is 0 Å². The van der Waals surface area contributed by atoms with Gasteiger partial charge in [0.15, 0.2) is 14.7 Å². The van der Waals surface area contributed by atoms with Crippen molar-refractivity contribution in [3.63, 3.8) is 0 Å². The Morgan fingerprint density at radius 3 is 1.03 bits per heavy atom. The van der Waals surface area contributed by atoms with Crippen LogP contribution >= 0.6 is 0 Å². The number of rotatable bonds is 5. The molecule has 0 spiro atoms. The normalized spacial score (nSPS) is 10.9. The van der Waals surface area contributed by atoms with Crippen LogP contribution in [0.3, 0.4) is 0 Å². The second kappa shape index (κ2) is 9.30. The highest BCUT2D eigenvalue weighted by molar-refractivity contribution is 7.97. The number of benzene rings is 5. The van der Waals surface area contributed by atoms with Crippen molar-refractivity contribution in [1.29, 1.82) is 0 Å². The van der Waals surface area contributed by atoms with Crippen molar-refractivity contribution in [2.75, 3.05) is 0 Å². The van der Waals surface area contributed by atoms with Crippen molar-refractivity contribution in [3.05, 3.63) is 139 Å². The summed E-state index contributed by atoms with van der Waals surface area (Å²) in [5, 5.41) is 0. The van der Waals surface area contributed by atoms with E-state index in [9.17, 15) is 0 Å². The van der Waals surface area contributed by atoms with Crippen LogP contribution in [0.1, 0.15) is 5.56 Å². The highest BCUT2D eigenvalue weighted by Crippen LogP contribution is 2.34. The highest BCUT2D eigenvalue weighted by Gasteiger charge is 2.28. The molecule has 0 nitrogen and oxygen atoms in total. The van der Waals surface area contributed by atoms with E-state index in [2.05, 4.69) is 140 Å². The van der Waals surface area contributed by atoms with Gasteiger partial charge in [-0.15, -0.1) is 0 Å². The van der Waals surface area contributed by atoms with Crippen molar-refractivity contribution in [2.24, 2.45) is 0 Å². The Morgan fingerprint density at radius 2 is 0.656 bits per heavy atom.